The minimum atomic E-state index is -0.825. The van der Waals surface area contributed by atoms with Crippen LogP contribution in [0.1, 0.15) is 41.9 Å². The average Bonchev–Trinajstić information content (AvgIpc) is 3.18. The molecule has 0 amide bonds. The molecule has 1 fully saturated rings. The van der Waals surface area contributed by atoms with Gasteiger partial charge in [-0.3, -0.25) is 4.79 Å². The Balaban J connectivity index is 2.46. The van der Waals surface area contributed by atoms with Crippen molar-refractivity contribution in [2.45, 2.75) is 39.0 Å². The van der Waals surface area contributed by atoms with E-state index in [1.165, 1.54) is 0 Å². The van der Waals surface area contributed by atoms with Crippen LogP contribution in [0.25, 0.3) is 0 Å². The van der Waals surface area contributed by atoms with Crippen LogP contribution in [0.4, 0.5) is 0 Å². The average molecular weight is 264 g/mol. The van der Waals surface area contributed by atoms with Gasteiger partial charge >= 0.3 is 5.97 Å². The van der Waals surface area contributed by atoms with Crippen molar-refractivity contribution in [3.8, 4) is 11.5 Å². The number of carboxylic acids is 1. The van der Waals surface area contributed by atoms with Crippen LogP contribution in [0.3, 0.4) is 0 Å². The Morgan fingerprint density at radius 2 is 2.05 bits per heavy atom. The number of aliphatic carboxylic acids is 1. The highest BCUT2D eigenvalue weighted by Crippen LogP contribution is 2.49. The molecular weight excluding hydrogens is 244 g/mol. The first-order chi connectivity index (χ1) is 8.95. The van der Waals surface area contributed by atoms with Gasteiger partial charge in [-0.1, -0.05) is 0 Å². The quantitative estimate of drug-likeness (QED) is 0.858. The summed E-state index contributed by atoms with van der Waals surface area (Å²) in [6, 6.07) is 1.80. The van der Waals surface area contributed by atoms with E-state index < -0.39 is 5.97 Å². The molecule has 1 aliphatic carbocycles. The number of methoxy groups -OCH3 is 1. The van der Waals surface area contributed by atoms with E-state index in [1.807, 2.05) is 13.8 Å². The summed E-state index contributed by atoms with van der Waals surface area (Å²) in [6.45, 7) is 3.72. The molecule has 4 heteroatoms. The summed E-state index contributed by atoms with van der Waals surface area (Å²) in [5.41, 5.74) is 2.38. The summed E-state index contributed by atoms with van der Waals surface area (Å²) in [7, 11) is 1.59. The molecule has 19 heavy (non-hydrogen) atoms. The number of ether oxygens (including phenoxy) is 1. The van der Waals surface area contributed by atoms with Gasteiger partial charge in [0, 0.05) is 11.5 Å². The van der Waals surface area contributed by atoms with Crippen molar-refractivity contribution in [3.63, 3.8) is 0 Å². The van der Waals surface area contributed by atoms with Gasteiger partial charge in [-0.25, -0.2) is 0 Å². The van der Waals surface area contributed by atoms with Crippen LogP contribution in [0.5, 0.6) is 11.5 Å². The predicted octanol–water partition coefficient (Wildman–Crippen LogP) is 2.99. The third kappa shape index (κ3) is 2.67. The molecule has 0 saturated heterocycles. The van der Waals surface area contributed by atoms with Crippen LogP contribution < -0.4 is 4.74 Å². The second kappa shape index (κ2) is 5.11. The van der Waals surface area contributed by atoms with Crippen LogP contribution in [0.2, 0.25) is 0 Å². The van der Waals surface area contributed by atoms with E-state index in [9.17, 15) is 9.90 Å². The van der Waals surface area contributed by atoms with Crippen LogP contribution in [0.15, 0.2) is 6.07 Å². The highest BCUT2D eigenvalue weighted by molar-refractivity contribution is 5.69. The zero-order chi connectivity index (χ0) is 14.2. The largest absolute Gasteiger partial charge is 0.507 e. The van der Waals surface area contributed by atoms with Gasteiger partial charge in [-0.2, -0.15) is 0 Å². The molecule has 0 heterocycles. The van der Waals surface area contributed by atoms with Crippen molar-refractivity contribution < 1.29 is 19.7 Å². The molecule has 0 aliphatic heterocycles. The molecule has 2 N–H and O–H groups in total. The number of hydrogen-bond acceptors (Lipinski definition) is 3. The molecule has 0 radical (unpaired) electrons. The van der Waals surface area contributed by atoms with Crippen molar-refractivity contribution in [1.29, 1.82) is 0 Å². The SMILES string of the molecule is COc1cc(C(CC(=O)O)C2CC2)c(O)c(C)c1C. The van der Waals surface area contributed by atoms with Crippen molar-refractivity contribution in [1.82, 2.24) is 0 Å². The minimum absolute atomic E-state index is 0.0594. The number of phenols is 1. The molecule has 1 aromatic carbocycles. The summed E-state index contributed by atoms with van der Waals surface area (Å²) in [4.78, 5) is 11.0. The molecule has 1 aromatic rings. The molecule has 2 rings (SSSR count). The smallest absolute Gasteiger partial charge is 0.303 e. The summed E-state index contributed by atoms with van der Waals surface area (Å²) in [5, 5.41) is 19.4. The lowest BCUT2D eigenvalue weighted by molar-refractivity contribution is -0.137. The summed E-state index contributed by atoms with van der Waals surface area (Å²) >= 11 is 0. The van der Waals surface area contributed by atoms with Gasteiger partial charge in [0.1, 0.15) is 11.5 Å². The molecule has 0 aromatic heterocycles. The third-order valence-electron chi connectivity index (χ3n) is 4.05. The lowest BCUT2D eigenvalue weighted by Gasteiger charge is -2.20. The lowest BCUT2D eigenvalue weighted by Crippen LogP contribution is -2.10. The Labute approximate surface area is 113 Å². The van der Waals surface area contributed by atoms with Crippen LogP contribution >= 0.6 is 0 Å². The molecule has 1 saturated carbocycles. The predicted molar refractivity (Wildman–Crippen MR) is 71.9 cm³/mol. The topological polar surface area (TPSA) is 66.8 Å². The Morgan fingerprint density at radius 1 is 1.42 bits per heavy atom. The van der Waals surface area contributed by atoms with Gasteiger partial charge in [0.25, 0.3) is 0 Å². The third-order valence-corrected chi connectivity index (χ3v) is 4.05. The summed E-state index contributed by atoms with van der Waals surface area (Å²) in [5.74, 6) is 0.353. The van der Waals surface area contributed by atoms with E-state index in [2.05, 4.69) is 0 Å². The van der Waals surface area contributed by atoms with E-state index in [0.29, 0.717) is 17.2 Å². The minimum Gasteiger partial charge on any atom is -0.507 e. The van der Waals surface area contributed by atoms with E-state index in [4.69, 9.17) is 9.84 Å². The fourth-order valence-electron chi connectivity index (χ4n) is 2.61. The second-order valence-electron chi connectivity index (χ2n) is 5.31. The zero-order valence-electron chi connectivity index (χ0n) is 11.6. The Hall–Kier alpha value is -1.71. The van der Waals surface area contributed by atoms with Gasteiger partial charge in [0.2, 0.25) is 0 Å². The van der Waals surface area contributed by atoms with Gasteiger partial charge in [0.05, 0.1) is 13.5 Å². The van der Waals surface area contributed by atoms with Gasteiger partial charge in [0.15, 0.2) is 0 Å². The maximum atomic E-state index is 11.0. The summed E-state index contributed by atoms with van der Waals surface area (Å²) in [6.07, 6.45) is 2.13. The second-order valence-corrected chi connectivity index (χ2v) is 5.31. The first-order valence-corrected chi connectivity index (χ1v) is 6.54. The fourth-order valence-corrected chi connectivity index (χ4v) is 2.61. The number of aromatic hydroxyl groups is 1. The van der Waals surface area contributed by atoms with E-state index in [-0.39, 0.29) is 18.1 Å². The van der Waals surface area contributed by atoms with Crippen molar-refractivity contribution in [3.05, 3.63) is 22.8 Å². The standard InChI is InChI=1S/C15H20O4/c1-8-9(2)15(18)12(6-13(8)19-3)11(7-14(16)17)10-4-5-10/h6,10-11,18H,4-5,7H2,1-3H3,(H,16,17). The van der Waals surface area contributed by atoms with E-state index in [0.717, 1.165) is 24.0 Å². The first kappa shape index (κ1) is 13.7. The Kier molecular flexibility index (Phi) is 3.69. The number of phenolic OH excluding ortho intramolecular Hbond substituents is 1. The number of rotatable bonds is 5. The molecule has 1 unspecified atom stereocenters. The van der Waals surface area contributed by atoms with Crippen LogP contribution in [-0.2, 0) is 4.79 Å². The Bertz CT molecular complexity index is 503. The molecule has 4 nitrogen and oxygen atoms in total. The number of benzene rings is 1. The highest BCUT2D eigenvalue weighted by Gasteiger charge is 2.36. The Morgan fingerprint density at radius 3 is 2.53 bits per heavy atom. The summed E-state index contributed by atoms with van der Waals surface area (Å²) < 4.78 is 5.32. The molecule has 0 bridgehead atoms. The zero-order valence-corrected chi connectivity index (χ0v) is 11.6. The number of carboxylic acid groups (broad SMARTS) is 1. The number of hydrogen-bond donors (Lipinski definition) is 2. The van der Waals surface area contributed by atoms with Crippen molar-refractivity contribution >= 4 is 5.97 Å². The highest BCUT2D eigenvalue weighted by atomic mass is 16.5. The van der Waals surface area contributed by atoms with Gasteiger partial charge < -0.3 is 14.9 Å². The molecular formula is C15H20O4. The first-order valence-electron chi connectivity index (χ1n) is 6.54. The van der Waals surface area contributed by atoms with E-state index >= 15 is 0 Å². The molecule has 1 atom stereocenters. The van der Waals surface area contributed by atoms with Crippen LogP contribution in [0, 0.1) is 19.8 Å². The molecule has 0 spiro atoms. The van der Waals surface area contributed by atoms with Crippen molar-refractivity contribution in [2.24, 2.45) is 5.92 Å². The monoisotopic (exact) mass is 264 g/mol. The normalized spacial score (nSPS) is 16.2. The fraction of sp³-hybridized carbons (Fsp3) is 0.533. The van der Waals surface area contributed by atoms with Crippen LogP contribution in [-0.4, -0.2) is 23.3 Å². The molecule has 1 aliphatic rings. The van der Waals surface area contributed by atoms with Gasteiger partial charge in [-0.15, -0.1) is 0 Å². The number of carbonyl (C=O) groups is 1. The molecule has 104 valence electrons. The lowest BCUT2D eigenvalue weighted by atomic mass is 9.87. The van der Waals surface area contributed by atoms with Crippen molar-refractivity contribution in [2.75, 3.05) is 7.11 Å². The maximum absolute atomic E-state index is 11.0. The van der Waals surface area contributed by atoms with E-state index in [1.54, 1.807) is 13.2 Å². The maximum Gasteiger partial charge on any atom is 0.303 e. The van der Waals surface area contributed by atoms with Gasteiger partial charge in [-0.05, 0) is 49.8 Å².